The first kappa shape index (κ1) is 27.8. The highest BCUT2D eigenvalue weighted by molar-refractivity contribution is 6.46. The van der Waals surface area contributed by atoms with Crippen LogP contribution in [-0.2, 0) is 22.7 Å². The fraction of sp³-hybridized carbons (Fsp3) is 0.235. The van der Waals surface area contributed by atoms with E-state index in [-0.39, 0.29) is 23.8 Å². The number of benzene rings is 3. The third-order valence-corrected chi connectivity index (χ3v) is 7.34. The lowest BCUT2D eigenvalue weighted by atomic mass is 9.91. The number of furan rings is 1. The van der Waals surface area contributed by atoms with Crippen LogP contribution < -0.4 is 9.47 Å². The predicted octanol–water partition coefficient (Wildman–Crippen LogP) is 6.92. The molecular formula is C34H33NO6. The van der Waals surface area contributed by atoms with Gasteiger partial charge in [0.15, 0.2) is 0 Å². The third-order valence-electron chi connectivity index (χ3n) is 7.34. The summed E-state index contributed by atoms with van der Waals surface area (Å²) in [6, 6.07) is 23.4. The van der Waals surface area contributed by atoms with E-state index in [1.807, 2.05) is 75.4 Å². The standard InChI is InChI=1S/C34H33NO6/c1-21(2)27-18-28(22(3)17-29(27)39-4)32(36)30-31(35(34(38)33(30)37)19-26-11-8-16-40-26)24-12-14-25(15-13-24)41-20-23-9-6-5-7-10-23/h5-18,21,31,36H,19-20H2,1-4H3/b32-30+. The monoisotopic (exact) mass is 551 g/mol. The average molecular weight is 552 g/mol. The number of carbonyl (C=O) groups is 2. The van der Waals surface area contributed by atoms with Crippen LogP contribution in [-0.4, -0.2) is 28.8 Å². The van der Waals surface area contributed by atoms with Gasteiger partial charge in [-0.05, 0) is 71.5 Å². The largest absolute Gasteiger partial charge is 0.507 e. The molecule has 5 rings (SSSR count). The van der Waals surface area contributed by atoms with Gasteiger partial charge in [-0.2, -0.15) is 0 Å². The molecule has 0 spiro atoms. The van der Waals surface area contributed by atoms with Gasteiger partial charge in [0.05, 0.1) is 31.5 Å². The number of aryl methyl sites for hydroxylation is 1. The smallest absolute Gasteiger partial charge is 0.296 e. The van der Waals surface area contributed by atoms with E-state index in [4.69, 9.17) is 13.9 Å². The highest BCUT2D eigenvalue weighted by Gasteiger charge is 2.46. The van der Waals surface area contributed by atoms with Gasteiger partial charge in [0.1, 0.15) is 29.6 Å². The zero-order valence-corrected chi connectivity index (χ0v) is 23.6. The number of hydrogen-bond acceptors (Lipinski definition) is 6. The molecule has 1 amide bonds. The van der Waals surface area contributed by atoms with Crippen LogP contribution in [0.4, 0.5) is 0 Å². The van der Waals surface area contributed by atoms with Crippen molar-refractivity contribution in [1.82, 2.24) is 4.90 Å². The molecule has 1 fully saturated rings. The summed E-state index contributed by atoms with van der Waals surface area (Å²) >= 11 is 0. The summed E-state index contributed by atoms with van der Waals surface area (Å²) in [5, 5.41) is 11.7. The molecule has 1 aliphatic heterocycles. The molecule has 210 valence electrons. The molecule has 0 aliphatic carbocycles. The Morgan fingerprint density at radius 3 is 2.37 bits per heavy atom. The second kappa shape index (κ2) is 11.8. The molecule has 4 aromatic rings. The maximum atomic E-state index is 13.5. The number of ether oxygens (including phenoxy) is 2. The highest BCUT2D eigenvalue weighted by Crippen LogP contribution is 2.42. The van der Waals surface area contributed by atoms with Crippen molar-refractivity contribution in [2.24, 2.45) is 0 Å². The van der Waals surface area contributed by atoms with Gasteiger partial charge in [-0.15, -0.1) is 0 Å². The molecule has 1 N–H and O–H groups in total. The Morgan fingerprint density at radius 1 is 1.00 bits per heavy atom. The summed E-state index contributed by atoms with van der Waals surface area (Å²) in [6.07, 6.45) is 1.52. The average Bonchev–Trinajstić information content (AvgIpc) is 3.58. The van der Waals surface area contributed by atoms with Crippen molar-refractivity contribution in [3.8, 4) is 11.5 Å². The van der Waals surface area contributed by atoms with Crippen LogP contribution >= 0.6 is 0 Å². The SMILES string of the molecule is COc1cc(C)c(/C(O)=C2\C(=O)C(=O)N(Cc3ccco3)C2c2ccc(OCc3ccccc3)cc2)cc1C(C)C. The van der Waals surface area contributed by atoms with Crippen molar-refractivity contribution < 1.29 is 28.6 Å². The first-order chi connectivity index (χ1) is 19.8. The van der Waals surface area contributed by atoms with E-state index in [1.54, 1.807) is 31.4 Å². The molecule has 1 aliphatic rings. The number of aliphatic hydroxyl groups is 1. The maximum Gasteiger partial charge on any atom is 0.296 e. The van der Waals surface area contributed by atoms with Gasteiger partial charge in [0.2, 0.25) is 0 Å². The summed E-state index contributed by atoms with van der Waals surface area (Å²) < 4.78 is 17.0. The van der Waals surface area contributed by atoms with Gasteiger partial charge in [-0.1, -0.05) is 56.3 Å². The van der Waals surface area contributed by atoms with Crippen molar-refractivity contribution in [1.29, 1.82) is 0 Å². The molecule has 7 nitrogen and oxygen atoms in total. The first-order valence-corrected chi connectivity index (χ1v) is 13.5. The minimum Gasteiger partial charge on any atom is -0.507 e. The molecule has 0 bridgehead atoms. The number of Topliss-reactive ketones (excluding diaryl/α,β-unsaturated/α-hetero) is 1. The molecule has 0 saturated carbocycles. The van der Waals surface area contributed by atoms with E-state index in [0.29, 0.717) is 35.0 Å². The fourth-order valence-corrected chi connectivity index (χ4v) is 5.17. The van der Waals surface area contributed by atoms with E-state index in [0.717, 1.165) is 16.7 Å². The van der Waals surface area contributed by atoms with E-state index in [1.165, 1.54) is 11.2 Å². The molecular weight excluding hydrogens is 518 g/mol. The van der Waals surface area contributed by atoms with Crippen LogP contribution in [0.3, 0.4) is 0 Å². The Hall–Kier alpha value is -4.78. The minimum atomic E-state index is -0.827. The lowest BCUT2D eigenvalue weighted by molar-refractivity contribution is -0.140. The van der Waals surface area contributed by atoms with Gasteiger partial charge in [0, 0.05) is 5.56 Å². The molecule has 3 aromatic carbocycles. The second-order valence-corrected chi connectivity index (χ2v) is 10.4. The van der Waals surface area contributed by atoms with E-state index in [9.17, 15) is 14.7 Å². The van der Waals surface area contributed by atoms with Crippen molar-refractivity contribution in [3.05, 3.63) is 124 Å². The van der Waals surface area contributed by atoms with Crippen molar-refractivity contribution in [2.45, 2.75) is 45.9 Å². The zero-order valence-electron chi connectivity index (χ0n) is 23.6. The molecule has 1 atom stereocenters. The number of rotatable bonds is 9. The minimum absolute atomic E-state index is 0.0301. The van der Waals surface area contributed by atoms with Crippen molar-refractivity contribution in [2.75, 3.05) is 7.11 Å². The molecule has 1 aromatic heterocycles. The van der Waals surface area contributed by atoms with Crippen LogP contribution in [0, 0.1) is 6.92 Å². The number of amides is 1. The van der Waals surface area contributed by atoms with Crippen LogP contribution in [0.2, 0.25) is 0 Å². The summed E-state index contributed by atoms with van der Waals surface area (Å²) in [7, 11) is 1.60. The Labute approximate surface area is 239 Å². The van der Waals surface area contributed by atoms with E-state index >= 15 is 0 Å². The van der Waals surface area contributed by atoms with Crippen molar-refractivity contribution >= 4 is 17.4 Å². The van der Waals surface area contributed by atoms with Gasteiger partial charge in [-0.25, -0.2) is 0 Å². The molecule has 41 heavy (non-hydrogen) atoms. The predicted molar refractivity (Wildman–Crippen MR) is 156 cm³/mol. The lowest BCUT2D eigenvalue weighted by Crippen LogP contribution is -2.29. The third kappa shape index (κ3) is 5.61. The lowest BCUT2D eigenvalue weighted by Gasteiger charge is -2.25. The van der Waals surface area contributed by atoms with Gasteiger partial charge in [-0.3, -0.25) is 9.59 Å². The van der Waals surface area contributed by atoms with Crippen LogP contribution in [0.25, 0.3) is 5.76 Å². The van der Waals surface area contributed by atoms with E-state index < -0.39 is 17.7 Å². The number of methoxy groups -OCH3 is 1. The summed E-state index contributed by atoms with van der Waals surface area (Å²) in [5.74, 6) is 0.322. The molecule has 0 radical (unpaired) electrons. The van der Waals surface area contributed by atoms with Gasteiger partial charge < -0.3 is 23.9 Å². The first-order valence-electron chi connectivity index (χ1n) is 13.5. The Bertz CT molecular complexity index is 1570. The van der Waals surface area contributed by atoms with E-state index in [2.05, 4.69) is 0 Å². The van der Waals surface area contributed by atoms with Gasteiger partial charge >= 0.3 is 0 Å². The normalized spacial score (nSPS) is 16.4. The van der Waals surface area contributed by atoms with Gasteiger partial charge in [0.25, 0.3) is 11.7 Å². The number of nitrogens with zero attached hydrogens (tertiary/aromatic N) is 1. The van der Waals surface area contributed by atoms with Crippen molar-refractivity contribution in [3.63, 3.8) is 0 Å². The number of aliphatic hydroxyl groups excluding tert-OH is 1. The molecule has 7 heteroatoms. The van der Waals surface area contributed by atoms with Crippen LogP contribution in [0.1, 0.15) is 59.4 Å². The fourth-order valence-electron chi connectivity index (χ4n) is 5.17. The quantitative estimate of drug-likeness (QED) is 0.138. The summed E-state index contributed by atoms with van der Waals surface area (Å²) in [6.45, 7) is 6.38. The second-order valence-electron chi connectivity index (χ2n) is 10.4. The maximum absolute atomic E-state index is 13.5. The molecule has 1 saturated heterocycles. The van der Waals surface area contributed by atoms with Crippen LogP contribution in [0.5, 0.6) is 11.5 Å². The Kier molecular flexibility index (Phi) is 7.97. The molecule has 1 unspecified atom stereocenters. The number of ketones is 1. The topological polar surface area (TPSA) is 89.2 Å². The Morgan fingerprint density at radius 2 is 1.73 bits per heavy atom. The summed E-state index contributed by atoms with van der Waals surface area (Å²) in [4.78, 5) is 28.4. The number of carbonyl (C=O) groups excluding carboxylic acids is 2. The summed E-state index contributed by atoms with van der Waals surface area (Å²) in [5.41, 5.74) is 3.84. The zero-order chi connectivity index (χ0) is 29.1. The highest BCUT2D eigenvalue weighted by atomic mass is 16.5. The molecule has 2 heterocycles. The van der Waals surface area contributed by atoms with Crippen LogP contribution in [0.15, 0.2) is 95.1 Å². The number of hydrogen-bond donors (Lipinski definition) is 1. The number of likely N-dealkylation sites (tertiary alicyclic amines) is 1. The Balaban J connectivity index is 1.57.